The first-order chi connectivity index (χ1) is 12.6. The van der Waals surface area contributed by atoms with Crippen LogP contribution in [0.2, 0.25) is 0 Å². The average Bonchev–Trinajstić information content (AvgIpc) is 2.93. The quantitative estimate of drug-likeness (QED) is 0.491. The van der Waals surface area contributed by atoms with E-state index in [-0.39, 0.29) is 18.8 Å². The molecule has 1 aromatic carbocycles. The fourth-order valence-electron chi connectivity index (χ4n) is 2.65. The number of rotatable bonds is 7. The summed E-state index contributed by atoms with van der Waals surface area (Å²) in [6, 6.07) is 6.99. The summed E-state index contributed by atoms with van der Waals surface area (Å²) in [5.74, 6) is -0.418. The Balaban J connectivity index is 2.43. The molecule has 0 aliphatic rings. The third kappa shape index (κ3) is 5.28. The lowest BCUT2D eigenvalue weighted by Gasteiger charge is -2.19. The third-order valence-electron chi connectivity index (χ3n) is 3.59. The van der Waals surface area contributed by atoms with Crippen molar-refractivity contribution in [2.45, 2.75) is 40.2 Å². The summed E-state index contributed by atoms with van der Waals surface area (Å²) in [6.45, 7) is 9.01. The van der Waals surface area contributed by atoms with Crippen LogP contribution in [0.3, 0.4) is 0 Å². The summed E-state index contributed by atoms with van der Waals surface area (Å²) in [5.41, 5.74) is 0.139. The van der Waals surface area contributed by atoms with Crippen molar-refractivity contribution in [2.24, 2.45) is 0 Å². The van der Waals surface area contributed by atoms with E-state index in [4.69, 9.17) is 13.8 Å². The number of hydrogen-bond donors (Lipinski definition) is 0. The van der Waals surface area contributed by atoms with Crippen molar-refractivity contribution in [3.05, 3.63) is 36.0 Å². The summed E-state index contributed by atoms with van der Waals surface area (Å²) >= 11 is 0. The van der Waals surface area contributed by atoms with Crippen molar-refractivity contribution in [3.63, 3.8) is 0 Å². The van der Waals surface area contributed by atoms with Crippen molar-refractivity contribution in [2.75, 3.05) is 19.4 Å². The normalized spacial score (nSPS) is 12.3. The van der Waals surface area contributed by atoms with Crippen molar-refractivity contribution < 1.29 is 27.9 Å². The molecule has 0 amide bonds. The molecule has 0 spiro atoms. The topological polar surface area (TPSA) is 83.8 Å². The molecule has 1 heterocycles. The van der Waals surface area contributed by atoms with E-state index in [0.29, 0.717) is 10.9 Å². The van der Waals surface area contributed by atoms with Crippen molar-refractivity contribution in [1.29, 1.82) is 0 Å². The second kappa shape index (κ2) is 8.38. The molecule has 2 aromatic rings. The molecule has 0 saturated carbocycles. The zero-order valence-electron chi connectivity index (χ0n) is 16.4. The minimum absolute atomic E-state index is 0.171. The summed E-state index contributed by atoms with van der Waals surface area (Å²) in [6.07, 6.45) is 0.441. The summed E-state index contributed by atoms with van der Waals surface area (Å²) in [7, 11) is -3.54. The Morgan fingerprint density at radius 1 is 1.07 bits per heavy atom. The van der Waals surface area contributed by atoms with E-state index < -0.39 is 31.2 Å². The standard InChI is InChI=1S/C19H26NO6P/c1-6-24-27(23,25-7-2)13-17(21)15-12-20(18(22)26-19(3,4)5)16-11-9-8-10-14(15)16/h8-12H,6-7,13H2,1-5H3. The number of ketones is 1. The van der Waals surface area contributed by atoms with Gasteiger partial charge < -0.3 is 13.8 Å². The van der Waals surface area contributed by atoms with Crippen LogP contribution in [0.1, 0.15) is 45.0 Å². The van der Waals surface area contributed by atoms with Crippen LogP contribution >= 0.6 is 7.60 Å². The first-order valence-corrected chi connectivity index (χ1v) is 10.6. The number of para-hydroxylation sites is 1. The number of carbonyl (C=O) groups excluding carboxylic acids is 2. The van der Waals surface area contributed by atoms with Gasteiger partial charge in [-0.05, 0) is 40.7 Å². The maximum absolute atomic E-state index is 12.8. The molecule has 0 fully saturated rings. The van der Waals surface area contributed by atoms with E-state index in [1.807, 2.05) is 0 Å². The van der Waals surface area contributed by atoms with Crippen LogP contribution in [0.4, 0.5) is 4.79 Å². The number of fused-ring (bicyclic) bond motifs is 1. The van der Waals surface area contributed by atoms with Gasteiger partial charge in [-0.1, -0.05) is 18.2 Å². The summed E-state index contributed by atoms with van der Waals surface area (Å²) in [5, 5.41) is 0.577. The highest BCUT2D eigenvalue weighted by atomic mass is 31.2. The van der Waals surface area contributed by atoms with E-state index in [1.54, 1.807) is 58.9 Å². The van der Waals surface area contributed by atoms with Gasteiger partial charge in [-0.2, -0.15) is 0 Å². The van der Waals surface area contributed by atoms with E-state index >= 15 is 0 Å². The Bertz CT molecular complexity index is 870. The SMILES string of the molecule is CCOP(=O)(CC(=O)c1cn(C(=O)OC(C)(C)C)c2ccccc12)OCC. The molecule has 148 valence electrons. The Morgan fingerprint density at radius 3 is 2.22 bits per heavy atom. The Labute approximate surface area is 159 Å². The number of nitrogens with zero attached hydrogens (tertiary/aromatic N) is 1. The molecule has 1 aromatic heterocycles. The molecule has 8 heteroatoms. The molecule has 0 N–H and O–H groups in total. The zero-order chi connectivity index (χ0) is 20.2. The molecule has 27 heavy (non-hydrogen) atoms. The number of carbonyl (C=O) groups is 2. The molecular formula is C19H26NO6P. The smallest absolute Gasteiger partial charge is 0.419 e. The number of benzene rings is 1. The van der Waals surface area contributed by atoms with E-state index in [0.717, 1.165) is 0 Å². The van der Waals surface area contributed by atoms with Gasteiger partial charge in [-0.3, -0.25) is 13.9 Å². The molecule has 7 nitrogen and oxygen atoms in total. The molecule has 0 radical (unpaired) electrons. The predicted octanol–water partition coefficient (Wildman–Crippen LogP) is 4.87. The molecule has 0 bridgehead atoms. The van der Waals surface area contributed by atoms with Gasteiger partial charge in [0, 0.05) is 17.1 Å². The van der Waals surface area contributed by atoms with Gasteiger partial charge in [0.25, 0.3) is 0 Å². The maximum atomic E-state index is 12.8. The number of Topliss-reactive ketones (excluding diaryl/α,β-unsaturated/α-hetero) is 1. The number of ether oxygens (including phenoxy) is 1. The van der Waals surface area contributed by atoms with Gasteiger partial charge in [0.15, 0.2) is 5.78 Å². The minimum atomic E-state index is -3.54. The first-order valence-electron chi connectivity index (χ1n) is 8.85. The summed E-state index contributed by atoms with van der Waals surface area (Å²) in [4.78, 5) is 25.4. The van der Waals surface area contributed by atoms with E-state index in [2.05, 4.69) is 0 Å². The number of hydrogen-bond acceptors (Lipinski definition) is 6. The molecule has 0 aliphatic carbocycles. The maximum Gasteiger partial charge on any atom is 0.419 e. The number of aromatic nitrogens is 1. The Morgan fingerprint density at radius 2 is 1.67 bits per heavy atom. The Kier molecular flexibility index (Phi) is 6.63. The summed E-state index contributed by atoms with van der Waals surface area (Å²) < 4.78 is 29.8. The highest BCUT2D eigenvalue weighted by Gasteiger charge is 2.30. The third-order valence-corrected chi connectivity index (χ3v) is 5.57. The van der Waals surface area contributed by atoms with Crippen LogP contribution in [0, 0.1) is 0 Å². The van der Waals surface area contributed by atoms with Crippen LogP contribution in [-0.2, 0) is 18.3 Å². The van der Waals surface area contributed by atoms with Crippen LogP contribution in [0.15, 0.2) is 30.5 Å². The lowest BCUT2D eigenvalue weighted by molar-refractivity contribution is 0.0544. The van der Waals surface area contributed by atoms with Gasteiger partial charge in [-0.25, -0.2) is 4.79 Å². The fraction of sp³-hybridized carbons (Fsp3) is 0.474. The van der Waals surface area contributed by atoms with Gasteiger partial charge in [0.1, 0.15) is 11.8 Å². The molecule has 0 atom stereocenters. The van der Waals surface area contributed by atoms with Crippen molar-refractivity contribution in [3.8, 4) is 0 Å². The lowest BCUT2D eigenvalue weighted by Crippen LogP contribution is -2.26. The average molecular weight is 395 g/mol. The predicted molar refractivity (Wildman–Crippen MR) is 104 cm³/mol. The first kappa shape index (κ1) is 21.4. The van der Waals surface area contributed by atoms with Gasteiger partial charge in [0.2, 0.25) is 0 Å². The van der Waals surface area contributed by atoms with Crippen LogP contribution in [0.25, 0.3) is 10.9 Å². The van der Waals surface area contributed by atoms with Crippen molar-refractivity contribution in [1.82, 2.24) is 4.57 Å². The second-order valence-corrected chi connectivity index (χ2v) is 8.99. The van der Waals surface area contributed by atoms with E-state index in [1.165, 1.54) is 10.8 Å². The Hall–Kier alpha value is -1.95. The second-order valence-electron chi connectivity index (χ2n) is 6.94. The van der Waals surface area contributed by atoms with Gasteiger partial charge in [-0.15, -0.1) is 0 Å². The molecule has 0 aliphatic heterocycles. The fourth-order valence-corrected chi connectivity index (χ4v) is 4.21. The van der Waals surface area contributed by atoms with Crippen molar-refractivity contribution >= 4 is 30.4 Å². The molecular weight excluding hydrogens is 369 g/mol. The van der Waals surface area contributed by atoms with Gasteiger partial charge in [0.05, 0.1) is 18.7 Å². The molecule has 0 unspecified atom stereocenters. The van der Waals surface area contributed by atoms with Crippen LogP contribution in [-0.4, -0.2) is 41.4 Å². The zero-order valence-corrected chi connectivity index (χ0v) is 17.2. The molecule has 2 rings (SSSR count). The highest BCUT2D eigenvalue weighted by Crippen LogP contribution is 2.48. The lowest BCUT2D eigenvalue weighted by atomic mass is 10.1. The minimum Gasteiger partial charge on any atom is -0.443 e. The van der Waals surface area contributed by atoms with E-state index in [9.17, 15) is 14.2 Å². The van der Waals surface area contributed by atoms with Gasteiger partial charge >= 0.3 is 13.7 Å². The highest BCUT2D eigenvalue weighted by molar-refractivity contribution is 7.55. The monoisotopic (exact) mass is 395 g/mol. The van der Waals surface area contributed by atoms with Crippen LogP contribution in [0.5, 0.6) is 0 Å². The molecule has 0 saturated heterocycles. The largest absolute Gasteiger partial charge is 0.443 e. The van der Waals surface area contributed by atoms with Crippen LogP contribution < -0.4 is 0 Å².